The summed E-state index contributed by atoms with van der Waals surface area (Å²) in [6.45, 7) is 2.07. The van der Waals surface area contributed by atoms with Crippen molar-refractivity contribution in [3.8, 4) is 5.75 Å². The first-order valence-corrected chi connectivity index (χ1v) is 5.60. The standard InChI is InChI=1S/C13H12OS/c1-10-6-2-4-8-12(10)15-13-9-5-3-7-11(13)14/h2-9,14H,1H3. The molecule has 0 aliphatic heterocycles. The summed E-state index contributed by atoms with van der Waals surface area (Å²) in [6, 6.07) is 15.6. The normalized spacial score (nSPS) is 10.2. The second-order valence-electron chi connectivity index (χ2n) is 3.34. The number of rotatable bonds is 2. The third kappa shape index (κ3) is 2.34. The van der Waals surface area contributed by atoms with Crippen LogP contribution in [0.25, 0.3) is 0 Å². The van der Waals surface area contributed by atoms with Crippen LogP contribution in [0.2, 0.25) is 0 Å². The SMILES string of the molecule is Cc1ccccc1Sc1ccccc1O. The topological polar surface area (TPSA) is 20.2 Å². The van der Waals surface area contributed by atoms with Crippen molar-refractivity contribution in [1.82, 2.24) is 0 Å². The molecule has 1 N–H and O–H groups in total. The molecule has 76 valence electrons. The summed E-state index contributed by atoms with van der Waals surface area (Å²) in [7, 11) is 0. The lowest BCUT2D eigenvalue weighted by Gasteiger charge is -2.06. The number of phenolic OH excluding ortho intramolecular Hbond substituents is 1. The first-order chi connectivity index (χ1) is 7.27. The van der Waals surface area contributed by atoms with Crippen LogP contribution in [0.4, 0.5) is 0 Å². The van der Waals surface area contributed by atoms with Gasteiger partial charge in [0.2, 0.25) is 0 Å². The van der Waals surface area contributed by atoms with Crippen molar-refractivity contribution < 1.29 is 5.11 Å². The zero-order chi connectivity index (χ0) is 10.7. The van der Waals surface area contributed by atoms with Crippen LogP contribution >= 0.6 is 11.8 Å². The lowest BCUT2D eigenvalue weighted by atomic mass is 10.2. The molecule has 0 radical (unpaired) electrons. The molecule has 0 saturated heterocycles. The van der Waals surface area contributed by atoms with Gasteiger partial charge >= 0.3 is 0 Å². The molecule has 0 aliphatic carbocycles. The maximum Gasteiger partial charge on any atom is 0.129 e. The lowest BCUT2D eigenvalue weighted by Crippen LogP contribution is -1.79. The van der Waals surface area contributed by atoms with Gasteiger partial charge in [0.05, 0.1) is 4.90 Å². The summed E-state index contributed by atoms with van der Waals surface area (Å²) in [5, 5.41) is 9.64. The third-order valence-electron chi connectivity index (χ3n) is 2.18. The Bertz CT molecular complexity index is 422. The smallest absolute Gasteiger partial charge is 0.129 e. The van der Waals surface area contributed by atoms with E-state index in [0.29, 0.717) is 5.75 Å². The zero-order valence-electron chi connectivity index (χ0n) is 8.47. The minimum absolute atomic E-state index is 0.339. The van der Waals surface area contributed by atoms with Crippen LogP contribution in [0.1, 0.15) is 5.56 Å². The number of aromatic hydroxyl groups is 1. The van der Waals surface area contributed by atoms with Gasteiger partial charge in [0.1, 0.15) is 5.75 Å². The van der Waals surface area contributed by atoms with Gasteiger partial charge in [0.15, 0.2) is 0 Å². The number of phenols is 1. The van der Waals surface area contributed by atoms with Crippen LogP contribution in [-0.2, 0) is 0 Å². The van der Waals surface area contributed by atoms with Crippen LogP contribution < -0.4 is 0 Å². The Hall–Kier alpha value is -1.41. The van der Waals surface area contributed by atoms with Gasteiger partial charge in [-0.1, -0.05) is 42.1 Å². The molecular weight excluding hydrogens is 204 g/mol. The average molecular weight is 216 g/mol. The van der Waals surface area contributed by atoms with Gasteiger partial charge in [0, 0.05) is 4.90 Å². The minimum Gasteiger partial charge on any atom is -0.507 e. The fraction of sp³-hybridized carbons (Fsp3) is 0.0769. The van der Waals surface area contributed by atoms with Crippen molar-refractivity contribution in [2.45, 2.75) is 16.7 Å². The van der Waals surface area contributed by atoms with E-state index in [1.165, 1.54) is 10.5 Å². The Morgan fingerprint density at radius 1 is 0.867 bits per heavy atom. The van der Waals surface area contributed by atoms with Crippen LogP contribution in [0, 0.1) is 6.92 Å². The number of aryl methyl sites for hydroxylation is 1. The minimum atomic E-state index is 0.339. The third-order valence-corrected chi connectivity index (χ3v) is 3.42. The van der Waals surface area contributed by atoms with Gasteiger partial charge in [-0.3, -0.25) is 0 Å². The molecule has 1 nitrogen and oxygen atoms in total. The highest BCUT2D eigenvalue weighted by Crippen LogP contribution is 2.35. The summed E-state index contributed by atoms with van der Waals surface area (Å²) >= 11 is 1.59. The second kappa shape index (κ2) is 4.41. The van der Waals surface area contributed by atoms with Crippen LogP contribution in [-0.4, -0.2) is 5.11 Å². The molecule has 0 heterocycles. The maximum atomic E-state index is 9.64. The molecule has 0 fully saturated rings. The summed E-state index contributed by atoms with van der Waals surface area (Å²) in [5.74, 6) is 0.339. The van der Waals surface area contributed by atoms with Crippen molar-refractivity contribution in [3.05, 3.63) is 54.1 Å². The van der Waals surface area contributed by atoms with E-state index in [2.05, 4.69) is 19.1 Å². The highest BCUT2D eigenvalue weighted by molar-refractivity contribution is 7.99. The summed E-state index contributed by atoms with van der Waals surface area (Å²) in [5.41, 5.74) is 1.23. The second-order valence-corrected chi connectivity index (χ2v) is 4.42. The lowest BCUT2D eigenvalue weighted by molar-refractivity contribution is 0.462. The fourth-order valence-corrected chi connectivity index (χ4v) is 2.26. The molecule has 0 atom stereocenters. The van der Waals surface area contributed by atoms with Gasteiger partial charge in [-0.25, -0.2) is 0 Å². The van der Waals surface area contributed by atoms with Crippen molar-refractivity contribution >= 4 is 11.8 Å². The summed E-state index contributed by atoms with van der Waals surface area (Å²) < 4.78 is 0. The molecule has 2 aromatic carbocycles. The van der Waals surface area contributed by atoms with E-state index < -0.39 is 0 Å². The highest BCUT2D eigenvalue weighted by Gasteiger charge is 2.03. The van der Waals surface area contributed by atoms with E-state index >= 15 is 0 Å². The van der Waals surface area contributed by atoms with E-state index in [1.54, 1.807) is 17.8 Å². The molecule has 0 aromatic heterocycles. The monoisotopic (exact) mass is 216 g/mol. The Morgan fingerprint density at radius 3 is 2.13 bits per heavy atom. The summed E-state index contributed by atoms with van der Waals surface area (Å²) in [6.07, 6.45) is 0. The van der Waals surface area contributed by atoms with Crippen molar-refractivity contribution in [3.63, 3.8) is 0 Å². The number of benzene rings is 2. The van der Waals surface area contributed by atoms with Crippen molar-refractivity contribution in [2.24, 2.45) is 0 Å². The molecular formula is C13H12OS. The number of hydrogen-bond acceptors (Lipinski definition) is 2. The van der Waals surface area contributed by atoms with Crippen molar-refractivity contribution in [1.29, 1.82) is 0 Å². The Labute approximate surface area is 93.8 Å². The predicted molar refractivity (Wildman–Crippen MR) is 63.4 cm³/mol. The molecule has 0 aliphatic rings. The average Bonchev–Trinajstić information content (AvgIpc) is 2.24. The molecule has 0 amide bonds. The van der Waals surface area contributed by atoms with Crippen LogP contribution in [0.15, 0.2) is 58.3 Å². The molecule has 2 aromatic rings. The van der Waals surface area contributed by atoms with E-state index in [0.717, 1.165) is 4.90 Å². The number of para-hydroxylation sites is 1. The molecule has 15 heavy (non-hydrogen) atoms. The Morgan fingerprint density at radius 2 is 1.47 bits per heavy atom. The van der Waals surface area contributed by atoms with Gasteiger partial charge in [-0.15, -0.1) is 0 Å². The van der Waals surface area contributed by atoms with Gasteiger partial charge < -0.3 is 5.11 Å². The van der Waals surface area contributed by atoms with E-state index in [9.17, 15) is 5.11 Å². The number of hydrogen-bond donors (Lipinski definition) is 1. The van der Waals surface area contributed by atoms with Crippen molar-refractivity contribution in [2.75, 3.05) is 0 Å². The zero-order valence-corrected chi connectivity index (χ0v) is 9.29. The molecule has 2 heteroatoms. The fourth-order valence-electron chi connectivity index (χ4n) is 1.33. The summed E-state index contributed by atoms with van der Waals surface area (Å²) in [4.78, 5) is 2.07. The van der Waals surface area contributed by atoms with Crippen LogP contribution in [0.3, 0.4) is 0 Å². The largest absolute Gasteiger partial charge is 0.507 e. The quantitative estimate of drug-likeness (QED) is 0.822. The molecule has 0 saturated carbocycles. The Kier molecular flexibility index (Phi) is 2.97. The molecule has 0 bridgehead atoms. The van der Waals surface area contributed by atoms with E-state index in [4.69, 9.17) is 0 Å². The van der Waals surface area contributed by atoms with Gasteiger partial charge in [-0.05, 0) is 30.7 Å². The van der Waals surface area contributed by atoms with Gasteiger partial charge in [-0.2, -0.15) is 0 Å². The molecule has 0 unspecified atom stereocenters. The molecule has 2 rings (SSSR count). The maximum absolute atomic E-state index is 9.64. The predicted octanol–water partition coefficient (Wildman–Crippen LogP) is 3.85. The Balaban J connectivity index is 2.30. The molecule has 0 spiro atoms. The highest BCUT2D eigenvalue weighted by atomic mass is 32.2. The van der Waals surface area contributed by atoms with E-state index in [-0.39, 0.29) is 0 Å². The van der Waals surface area contributed by atoms with Crippen LogP contribution in [0.5, 0.6) is 5.75 Å². The first kappa shape index (κ1) is 10.1. The van der Waals surface area contributed by atoms with E-state index in [1.807, 2.05) is 30.3 Å². The van der Waals surface area contributed by atoms with Gasteiger partial charge in [0.25, 0.3) is 0 Å². The first-order valence-electron chi connectivity index (χ1n) is 4.79.